The molecule has 0 radical (unpaired) electrons. The van der Waals surface area contributed by atoms with Gasteiger partial charge < -0.3 is 33.3 Å². The summed E-state index contributed by atoms with van der Waals surface area (Å²) in [7, 11) is 5.90. The van der Waals surface area contributed by atoms with E-state index < -0.39 is 24.3 Å². The highest BCUT2D eigenvalue weighted by molar-refractivity contribution is 5.70. The average molecular weight is 1120 g/mol. The maximum Gasteiger partial charge on any atom is 0.306 e. The molecule has 0 aliphatic carbocycles. The second-order valence-corrected chi connectivity index (χ2v) is 21.6. The number of nitrogens with zero attached hydrogens (tertiary/aromatic N) is 1. The fourth-order valence-electron chi connectivity index (χ4n) is 7.92. The molecule has 0 saturated carbocycles. The standard InChI is InChI=1S/C72H115NO8/c1-6-8-10-12-14-16-18-20-22-24-25-26-27-28-29-30-31-32-33-34-35-36-37-38-39-40-41-42-43-44-45-47-49-51-53-55-57-59-61-63-70(75)81-68(67-80-72(71(76)77)78-65-64-73(3,4)5)66-79-69(74)62-60-58-56-54-52-50-48-46-23-21-19-17-15-13-11-9-7-2/h8,10,14-17,20-23,25-26,28-29,31-32,34-35,37-38,40-41,43-44,47,49,68,72H,6-7,9,11-13,18-19,24,27,30,33,36,39,42,45-46,48,50-67H2,1-5H3/b10-8-,16-14-,17-15-,22-20-,23-21-,26-25-,29-28-,32-31-,35-34-,38-37-,41-40-,44-43-,49-47-. The molecule has 0 N–H and O–H groups in total. The number of ether oxygens (including phenoxy) is 4. The molecular weight excluding hydrogens is 1010 g/mol. The van der Waals surface area contributed by atoms with Crippen molar-refractivity contribution >= 4 is 17.9 Å². The number of allylic oxidation sites excluding steroid dienone is 26. The molecule has 0 aliphatic rings. The average Bonchev–Trinajstić information content (AvgIpc) is 3.44. The number of carbonyl (C=O) groups is 3. The van der Waals surface area contributed by atoms with Gasteiger partial charge >= 0.3 is 11.9 Å². The van der Waals surface area contributed by atoms with Crippen LogP contribution in [0.2, 0.25) is 0 Å². The van der Waals surface area contributed by atoms with Crippen molar-refractivity contribution < 1.29 is 42.9 Å². The lowest BCUT2D eigenvalue weighted by atomic mass is 10.1. The van der Waals surface area contributed by atoms with E-state index in [0.717, 1.165) is 141 Å². The highest BCUT2D eigenvalue weighted by Crippen LogP contribution is 2.13. The third-order valence-corrected chi connectivity index (χ3v) is 12.8. The number of hydrogen-bond donors (Lipinski definition) is 0. The Morgan fingerprint density at radius 3 is 1.05 bits per heavy atom. The van der Waals surface area contributed by atoms with Gasteiger partial charge in [0.1, 0.15) is 13.2 Å². The van der Waals surface area contributed by atoms with Crippen LogP contribution in [0.1, 0.15) is 219 Å². The molecule has 0 fully saturated rings. The normalized spacial score (nSPS) is 13.8. The Labute approximate surface area is 495 Å². The summed E-state index contributed by atoms with van der Waals surface area (Å²) in [6.07, 6.45) is 87.3. The van der Waals surface area contributed by atoms with Crippen LogP contribution >= 0.6 is 0 Å². The lowest BCUT2D eigenvalue weighted by molar-refractivity contribution is -0.870. The number of carboxylic acids is 1. The van der Waals surface area contributed by atoms with Crippen molar-refractivity contribution in [3.05, 3.63) is 158 Å². The Balaban J connectivity index is 4.26. The number of aliphatic carboxylic acids is 1. The van der Waals surface area contributed by atoms with E-state index in [4.69, 9.17) is 18.9 Å². The summed E-state index contributed by atoms with van der Waals surface area (Å²) in [4.78, 5) is 37.3. The maximum atomic E-state index is 12.9. The Kier molecular flexibility index (Phi) is 57.2. The van der Waals surface area contributed by atoms with Gasteiger partial charge in [-0.1, -0.05) is 236 Å². The summed E-state index contributed by atoms with van der Waals surface area (Å²) in [6.45, 7) is 4.55. The number of rotatable bonds is 56. The zero-order valence-electron chi connectivity index (χ0n) is 51.8. The van der Waals surface area contributed by atoms with E-state index in [9.17, 15) is 19.5 Å². The van der Waals surface area contributed by atoms with Crippen LogP contribution in [-0.2, 0) is 33.3 Å². The largest absolute Gasteiger partial charge is 0.545 e. The molecule has 0 rings (SSSR count). The van der Waals surface area contributed by atoms with Crippen LogP contribution in [0, 0.1) is 0 Å². The van der Waals surface area contributed by atoms with Crippen molar-refractivity contribution in [2.24, 2.45) is 0 Å². The van der Waals surface area contributed by atoms with Gasteiger partial charge in [-0.15, -0.1) is 0 Å². The van der Waals surface area contributed by atoms with E-state index in [-0.39, 0.29) is 38.6 Å². The molecule has 0 saturated heterocycles. The van der Waals surface area contributed by atoms with Crippen LogP contribution in [0.15, 0.2) is 158 Å². The van der Waals surface area contributed by atoms with Gasteiger partial charge in [0, 0.05) is 12.8 Å². The van der Waals surface area contributed by atoms with Crippen molar-refractivity contribution in [2.45, 2.75) is 232 Å². The van der Waals surface area contributed by atoms with Crippen molar-refractivity contribution in [3.8, 4) is 0 Å². The fraction of sp³-hybridized carbons (Fsp3) is 0.597. The minimum atomic E-state index is -1.64. The summed E-state index contributed by atoms with van der Waals surface area (Å²) >= 11 is 0. The van der Waals surface area contributed by atoms with Crippen molar-refractivity contribution in [2.75, 3.05) is 47.5 Å². The van der Waals surface area contributed by atoms with Gasteiger partial charge in [-0.05, 0) is 128 Å². The fourth-order valence-corrected chi connectivity index (χ4v) is 7.92. The van der Waals surface area contributed by atoms with E-state index in [1.807, 2.05) is 21.1 Å². The summed E-state index contributed by atoms with van der Waals surface area (Å²) in [5.74, 6) is -2.34. The predicted octanol–water partition coefficient (Wildman–Crippen LogP) is 18.0. The summed E-state index contributed by atoms with van der Waals surface area (Å²) in [6, 6.07) is 0. The second kappa shape index (κ2) is 61.0. The second-order valence-electron chi connectivity index (χ2n) is 21.6. The predicted molar refractivity (Wildman–Crippen MR) is 342 cm³/mol. The first-order chi connectivity index (χ1) is 39.6. The number of carbonyl (C=O) groups excluding carboxylic acids is 3. The number of hydrogen-bond acceptors (Lipinski definition) is 8. The molecule has 2 atom stereocenters. The van der Waals surface area contributed by atoms with E-state index in [1.165, 1.54) is 44.9 Å². The Morgan fingerprint density at radius 1 is 0.383 bits per heavy atom. The minimum absolute atomic E-state index is 0.134. The smallest absolute Gasteiger partial charge is 0.306 e. The van der Waals surface area contributed by atoms with E-state index in [0.29, 0.717) is 17.4 Å². The number of carboxylic acid groups (broad SMARTS) is 1. The third kappa shape index (κ3) is 62.4. The maximum absolute atomic E-state index is 12.9. The van der Waals surface area contributed by atoms with Gasteiger partial charge in [0.05, 0.1) is 40.3 Å². The molecule has 456 valence electrons. The highest BCUT2D eigenvalue weighted by Gasteiger charge is 2.22. The monoisotopic (exact) mass is 1120 g/mol. The Hall–Kier alpha value is -5.09. The number of quaternary nitrogens is 1. The third-order valence-electron chi connectivity index (χ3n) is 12.8. The van der Waals surface area contributed by atoms with Gasteiger partial charge in [0.2, 0.25) is 0 Å². The molecule has 9 nitrogen and oxygen atoms in total. The quantitative estimate of drug-likeness (QED) is 0.0195. The molecule has 81 heavy (non-hydrogen) atoms. The zero-order valence-corrected chi connectivity index (χ0v) is 51.8. The van der Waals surface area contributed by atoms with E-state index >= 15 is 0 Å². The molecule has 0 bridgehead atoms. The van der Waals surface area contributed by atoms with Crippen LogP contribution in [0.25, 0.3) is 0 Å². The van der Waals surface area contributed by atoms with Crippen LogP contribution in [0.3, 0.4) is 0 Å². The first-order valence-corrected chi connectivity index (χ1v) is 31.6. The van der Waals surface area contributed by atoms with Crippen molar-refractivity contribution in [1.29, 1.82) is 0 Å². The number of unbranched alkanes of at least 4 members (excludes halogenated alkanes) is 15. The Morgan fingerprint density at radius 2 is 0.704 bits per heavy atom. The molecule has 0 spiro atoms. The molecule has 2 unspecified atom stereocenters. The molecular formula is C72H115NO8. The number of esters is 2. The lowest BCUT2D eigenvalue weighted by Crippen LogP contribution is -2.44. The lowest BCUT2D eigenvalue weighted by Gasteiger charge is -2.26. The van der Waals surface area contributed by atoms with Crippen molar-refractivity contribution in [3.63, 3.8) is 0 Å². The summed E-state index contributed by atoms with van der Waals surface area (Å²) in [5.41, 5.74) is 0. The highest BCUT2D eigenvalue weighted by atomic mass is 16.7. The molecule has 0 aromatic rings. The van der Waals surface area contributed by atoms with Crippen LogP contribution in [0.5, 0.6) is 0 Å². The SMILES string of the molecule is CC/C=C\C/C=C\C/C=C\C/C=C\C/C=C\C/C=C\C/C=C\C/C=C\C/C=C\C/C=C\C/C=C\CCCCCCCC(=O)OC(COC(=O)CCCCCCCCC/C=C\C/C=C\CCCCC)COC(OCC[N+](C)(C)C)C(=O)[O-]. The number of likely N-dealkylation sites (N-methyl/N-ethyl adjacent to an activating group) is 1. The first-order valence-electron chi connectivity index (χ1n) is 31.6. The summed E-state index contributed by atoms with van der Waals surface area (Å²) in [5, 5.41) is 11.8. The first kappa shape index (κ1) is 75.9. The molecule has 0 aromatic carbocycles. The van der Waals surface area contributed by atoms with E-state index in [1.54, 1.807) is 0 Å². The topological polar surface area (TPSA) is 111 Å². The Bertz CT molecular complexity index is 1880. The molecule has 9 heteroatoms. The van der Waals surface area contributed by atoms with Gasteiger partial charge in [-0.2, -0.15) is 0 Å². The van der Waals surface area contributed by atoms with Crippen LogP contribution in [-0.4, -0.2) is 82.3 Å². The van der Waals surface area contributed by atoms with Gasteiger partial charge in [0.25, 0.3) is 0 Å². The van der Waals surface area contributed by atoms with Gasteiger partial charge in [-0.3, -0.25) is 9.59 Å². The van der Waals surface area contributed by atoms with Gasteiger partial charge in [0.15, 0.2) is 12.4 Å². The van der Waals surface area contributed by atoms with Gasteiger partial charge in [-0.25, -0.2) is 0 Å². The summed E-state index contributed by atoms with van der Waals surface area (Å²) < 4.78 is 22.7. The molecule has 0 aliphatic heterocycles. The van der Waals surface area contributed by atoms with Crippen LogP contribution in [0.4, 0.5) is 0 Å². The van der Waals surface area contributed by atoms with Crippen LogP contribution < -0.4 is 5.11 Å². The molecule has 0 aromatic heterocycles. The van der Waals surface area contributed by atoms with Crippen molar-refractivity contribution in [1.82, 2.24) is 0 Å². The molecule has 0 heterocycles. The van der Waals surface area contributed by atoms with E-state index in [2.05, 4.69) is 172 Å². The molecule has 0 amide bonds. The minimum Gasteiger partial charge on any atom is -0.545 e. The zero-order chi connectivity index (χ0) is 59.1.